The minimum absolute atomic E-state index is 0.0852. The highest BCUT2D eigenvalue weighted by molar-refractivity contribution is 6.00. The quantitative estimate of drug-likeness (QED) is 0.701. The van der Waals surface area contributed by atoms with Gasteiger partial charge in [0.1, 0.15) is 5.56 Å². The van der Waals surface area contributed by atoms with Gasteiger partial charge in [0.05, 0.1) is 5.69 Å². The molecule has 2 heterocycles. The van der Waals surface area contributed by atoms with E-state index in [2.05, 4.69) is 55.2 Å². The van der Waals surface area contributed by atoms with Gasteiger partial charge in [-0.15, -0.1) is 0 Å². The number of carbonyl (C=O) groups is 1. The highest BCUT2D eigenvalue weighted by Gasteiger charge is 2.23. The number of carbonyl (C=O) groups excluding carboxylic acids is 1. The fraction of sp³-hybridized carbons (Fsp3) is 0.583. The van der Waals surface area contributed by atoms with Gasteiger partial charge in [0, 0.05) is 24.7 Å². The molecular formula is C24H35N3O2. The third-order valence-electron chi connectivity index (χ3n) is 5.95. The molecule has 1 saturated heterocycles. The van der Waals surface area contributed by atoms with Crippen molar-refractivity contribution in [3.8, 4) is 11.3 Å². The molecule has 158 valence electrons. The van der Waals surface area contributed by atoms with Gasteiger partial charge >= 0.3 is 0 Å². The van der Waals surface area contributed by atoms with Crippen LogP contribution in [0.1, 0.15) is 75.0 Å². The van der Waals surface area contributed by atoms with Crippen LogP contribution < -0.4 is 5.32 Å². The summed E-state index contributed by atoms with van der Waals surface area (Å²) >= 11 is 0. The number of amides is 1. The van der Waals surface area contributed by atoms with Crippen LogP contribution in [0.3, 0.4) is 0 Å². The zero-order valence-corrected chi connectivity index (χ0v) is 18.5. The fourth-order valence-electron chi connectivity index (χ4n) is 4.02. The molecule has 1 aliphatic heterocycles. The maximum atomic E-state index is 12.8. The van der Waals surface area contributed by atoms with Crippen molar-refractivity contribution in [3.05, 3.63) is 41.1 Å². The van der Waals surface area contributed by atoms with Crippen LogP contribution in [-0.4, -0.2) is 41.6 Å². The largest absolute Gasteiger partial charge is 0.355 e. The normalized spacial score (nSPS) is 18.0. The molecule has 0 saturated carbocycles. The Morgan fingerprint density at radius 3 is 2.62 bits per heavy atom. The SMILES string of the molecule is Cc1noc(-c2ccc(C(C)(C)C)cc2)c1C(=O)NCCCN1CCCCC1C. The molecule has 0 bridgehead atoms. The van der Waals surface area contributed by atoms with Gasteiger partial charge in [-0.2, -0.15) is 0 Å². The molecule has 5 nitrogen and oxygen atoms in total. The lowest BCUT2D eigenvalue weighted by Gasteiger charge is -2.33. The van der Waals surface area contributed by atoms with Crippen molar-refractivity contribution in [2.24, 2.45) is 0 Å². The number of nitrogens with one attached hydrogen (secondary N) is 1. The number of rotatable bonds is 6. The Balaban J connectivity index is 1.62. The van der Waals surface area contributed by atoms with Crippen molar-refractivity contribution in [2.75, 3.05) is 19.6 Å². The van der Waals surface area contributed by atoms with Gasteiger partial charge in [-0.1, -0.05) is 56.6 Å². The lowest BCUT2D eigenvalue weighted by atomic mass is 9.86. The lowest BCUT2D eigenvalue weighted by Crippen LogP contribution is -2.39. The molecule has 1 fully saturated rings. The molecule has 3 rings (SSSR count). The van der Waals surface area contributed by atoms with Crippen molar-refractivity contribution in [2.45, 2.75) is 71.8 Å². The minimum atomic E-state index is -0.106. The van der Waals surface area contributed by atoms with Gasteiger partial charge in [0.25, 0.3) is 5.91 Å². The second-order valence-electron chi connectivity index (χ2n) is 9.29. The molecule has 1 aromatic heterocycles. The van der Waals surface area contributed by atoms with Crippen LogP contribution in [0.15, 0.2) is 28.8 Å². The van der Waals surface area contributed by atoms with Crippen LogP contribution in [0.5, 0.6) is 0 Å². The van der Waals surface area contributed by atoms with E-state index >= 15 is 0 Å². The number of piperidine rings is 1. The Morgan fingerprint density at radius 1 is 1.24 bits per heavy atom. The molecular weight excluding hydrogens is 362 g/mol. The van der Waals surface area contributed by atoms with E-state index in [0.717, 1.165) is 18.5 Å². The summed E-state index contributed by atoms with van der Waals surface area (Å²) in [7, 11) is 0. The third-order valence-corrected chi connectivity index (χ3v) is 5.95. The molecule has 0 aliphatic carbocycles. The van der Waals surface area contributed by atoms with E-state index in [9.17, 15) is 4.79 Å². The first-order valence-corrected chi connectivity index (χ1v) is 10.9. The summed E-state index contributed by atoms with van der Waals surface area (Å²) in [6, 6.07) is 8.86. The topological polar surface area (TPSA) is 58.4 Å². The van der Waals surface area contributed by atoms with E-state index in [-0.39, 0.29) is 11.3 Å². The second-order valence-corrected chi connectivity index (χ2v) is 9.29. The molecule has 1 unspecified atom stereocenters. The Bertz CT molecular complexity index is 818. The predicted molar refractivity (Wildman–Crippen MR) is 117 cm³/mol. The standard InChI is InChI=1S/C24H35N3O2/c1-17-9-6-7-15-27(17)16-8-14-25-23(28)21-18(2)26-29-22(21)19-10-12-20(13-11-19)24(3,4)5/h10-13,17H,6-9,14-16H2,1-5H3,(H,25,28). The third kappa shape index (κ3) is 5.27. The summed E-state index contributed by atoms with van der Waals surface area (Å²) in [5.41, 5.74) is 3.38. The summed E-state index contributed by atoms with van der Waals surface area (Å²) < 4.78 is 5.52. The zero-order chi connectivity index (χ0) is 21.0. The number of hydrogen-bond donors (Lipinski definition) is 1. The first kappa shape index (κ1) is 21.6. The van der Waals surface area contributed by atoms with Gasteiger partial charge in [0.2, 0.25) is 0 Å². The predicted octanol–water partition coefficient (Wildman–Crippen LogP) is 4.94. The van der Waals surface area contributed by atoms with E-state index in [0.29, 0.717) is 29.6 Å². The van der Waals surface area contributed by atoms with Crippen LogP contribution in [0.2, 0.25) is 0 Å². The van der Waals surface area contributed by atoms with E-state index < -0.39 is 0 Å². The summed E-state index contributed by atoms with van der Waals surface area (Å²) in [5.74, 6) is 0.440. The zero-order valence-electron chi connectivity index (χ0n) is 18.5. The van der Waals surface area contributed by atoms with E-state index in [1.165, 1.54) is 31.4 Å². The molecule has 0 spiro atoms. The van der Waals surface area contributed by atoms with Crippen molar-refractivity contribution in [3.63, 3.8) is 0 Å². The average Bonchev–Trinajstić information content (AvgIpc) is 3.07. The van der Waals surface area contributed by atoms with Crippen LogP contribution in [0, 0.1) is 6.92 Å². The molecule has 0 radical (unpaired) electrons. The van der Waals surface area contributed by atoms with Crippen molar-refractivity contribution < 1.29 is 9.32 Å². The number of aryl methyl sites for hydroxylation is 1. The molecule has 2 aromatic rings. The van der Waals surface area contributed by atoms with Crippen molar-refractivity contribution in [1.82, 2.24) is 15.4 Å². The summed E-state index contributed by atoms with van der Waals surface area (Å²) in [6.45, 7) is 13.5. The molecule has 29 heavy (non-hydrogen) atoms. The van der Waals surface area contributed by atoms with E-state index in [1.807, 2.05) is 19.1 Å². The van der Waals surface area contributed by atoms with Crippen LogP contribution >= 0.6 is 0 Å². The lowest BCUT2D eigenvalue weighted by molar-refractivity contribution is 0.0948. The Hall–Kier alpha value is -2.14. The maximum Gasteiger partial charge on any atom is 0.257 e. The van der Waals surface area contributed by atoms with Gasteiger partial charge in [0.15, 0.2) is 5.76 Å². The van der Waals surface area contributed by atoms with E-state index in [4.69, 9.17) is 4.52 Å². The molecule has 1 aromatic carbocycles. The molecule has 1 N–H and O–H groups in total. The average molecular weight is 398 g/mol. The van der Waals surface area contributed by atoms with Crippen LogP contribution in [0.25, 0.3) is 11.3 Å². The van der Waals surface area contributed by atoms with Crippen LogP contribution in [0.4, 0.5) is 0 Å². The molecule has 1 aliphatic rings. The van der Waals surface area contributed by atoms with Gasteiger partial charge < -0.3 is 14.7 Å². The number of hydrogen-bond acceptors (Lipinski definition) is 4. The van der Waals surface area contributed by atoms with Crippen LogP contribution in [-0.2, 0) is 5.41 Å². The van der Waals surface area contributed by atoms with Gasteiger partial charge in [-0.25, -0.2) is 0 Å². The Morgan fingerprint density at radius 2 is 1.97 bits per heavy atom. The van der Waals surface area contributed by atoms with Gasteiger partial charge in [-0.3, -0.25) is 4.79 Å². The van der Waals surface area contributed by atoms with Crippen molar-refractivity contribution in [1.29, 1.82) is 0 Å². The molecule has 1 atom stereocenters. The van der Waals surface area contributed by atoms with Crippen molar-refractivity contribution >= 4 is 5.91 Å². The maximum absolute atomic E-state index is 12.8. The number of likely N-dealkylation sites (tertiary alicyclic amines) is 1. The fourth-order valence-corrected chi connectivity index (χ4v) is 4.02. The monoisotopic (exact) mass is 397 g/mol. The van der Waals surface area contributed by atoms with E-state index in [1.54, 1.807) is 0 Å². The summed E-state index contributed by atoms with van der Waals surface area (Å²) in [6.07, 6.45) is 4.86. The smallest absolute Gasteiger partial charge is 0.257 e. The number of aromatic nitrogens is 1. The molecule has 1 amide bonds. The second kappa shape index (κ2) is 9.12. The molecule has 5 heteroatoms. The Kier molecular flexibility index (Phi) is 6.78. The summed E-state index contributed by atoms with van der Waals surface area (Å²) in [5, 5.41) is 7.11. The first-order valence-electron chi connectivity index (χ1n) is 10.9. The minimum Gasteiger partial charge on any atom is -0.355 e. The highest BCUT2D eigenvalue weighted by atomic mass is 16.5. The van der Waals surface area contributed by atoms with Gasteiger partial charge in [-0.05, 0) is 50.6 Å². The highest BCUT2D eigenvalue weighted by Crippen LogP contribution is 2.29. The number of benzene rings is 1. The first-order chi connectivity index (χ1) is 13.8. The number of nitrogens with zero attached hydrogens (tertiary/aromatic N) is 2. The Labute approximate surface area is 174 Å². The summed E-state index contributed by atoms with van der Waals surface area (Å²) in [4.78, 5) is 15.4.